The zero-order valence-corrected chi connectivity index (χ0v) is 15.2. The lowest BCUT2D eigenvalue weighted by atomic mass is 10.00. The molecule has 0 spiro atoms. The summed E-state index contributed by atoms with van der Waals surface area (Å²) in [5.74, 6) is 2.53. The molecule has 3 heterocycles. The molecule has 1 atom stereocenters. The van der Waals surface area contributed by atoms with Crippen LogP contribution in [0.2, 0.25) is 0 Å². The molecule has 5 nitrogen and oxygen atoms in total. The molecule has 6 heteroatoms. The lowest BCUT2D eigenvalue weighted by Crippen LogP contribution is -2.46. The summed E-state index contributed by atoms with van der Waals surface area (Å²) in [7, 11) is 0. The molecule has 0 saturated carbocycles. The Hall–Kier alpha value is -2.18. The van der Waals surface area contributed by atoms with E-state index in [1.807, 2.05) is 48.2 Å². The average Bonchev–Trinajstić information content (AvgIpc) is 3.01. The topological polar surface area (TPSA) is 44.9 Å². The number of hydrogen-bond donors (Lipinski definition) is 1. The van der Waals surface area contributed by atoms with E-state index in [-0.39, 0.29) is 0 Å². The van der Waals surface area contributed by atoms with Crippen molar-refractivity contribution in [1.29, 1.82) is 0 Å². The van der Waals surface area contributed by atoms with Crippen LogP contribution >= 0.6 is 11.8 Å². The van der Waals surface area contributed by atoms with E-state index in [2.05, 4.69) is 21.6 Å². The maximum atomic E-state index is 11.9. The van der Waals surface area contributed by atoms with Crippen molar-refractivity contribution in [1.82, 2.24) is 0 Å². The molecule has 0 saturated heterocycles. The SMILES string of the molecule is OC1(c2ccc3c(c2)OCCO3)C[N+]2=C(SCCC2)N1c1ccccc1. The summed E-state index contributed by atoms with van der Waals surface area (Å²) < 4.78 is 13.7. The largest absolute Gasteiger partial charge is 0.486 e. The third-order valence-electron chi connectivity index (χ3n) is 5.07. The number of thioether (sulfide) groups is 1. The van der Waals surface area contributed by atoms with Crippen molar-refractivity contribution < 1.29 is 19.2 Å². The van der Waals surface area contributed by atoms with Gasteiger partial charge in [0.25, 0.3) is 5.72 Å². The predicted octanol–water partition coefficient (Wildman–Crippen LogP) is 2.63. The zero-order valence-electron chi connectivity index (χ0n) is 14.4. The van der Waals surface area contributed by atoms with Crippen LogP contribution < -0.4 is 14.4 Å². The fourth-order valence-corrected chi connectivity index (χ4v) is 5.05. The van der Waals surface area contributed by atoms with Gasteiger partial charge in [-0.1, -0.05) is 18.2 Å². The van der Waals surface area contributed by atoms with Gasteiger partial charge in [-0.3, -0.25) is 0 Å². The van der Waals surface area contributed by atoms with Gasteiger partial charge in [-0.2, -0.15) is 4.90 Å². The molecule has 5 rings (SSSR count). The van der Waals surface area contributed by atoms with Crippen LogP contribution in [0.5, 0.6) is 11.5 Å². The van der Waals surface area contributed by atoms with E-state index in [0.29, 0.717) is 25.5 Å². The quantitative estimate of drug-likeness (QED) is 0.825. The summed E-state index contributed by atoms with van der Waals surface area (Å²) in [6.07, 6.45) is 1.13. The Kier molecular flexibility index (Phi) is 3.83. The number of hydrogen-bond acceptors (Lipinski definition) is 5. The number of aliphatic hydroxyl groups is 1. The molecule has 0 radical (unpaired) electrons. The first kappa shape index (κ1) is 16.0. The predicted molar refractivity (Wildman–Crippen MR) is 102 cm³/mol. The normalized spacial score (nSPS) is 24.6. The van der Waals surface area contributed by atoms with E-state index in [4.69, 9.17) is 9.47 Å². The van der Waals surface area contributed by atoms with Gasteiger partial charge >= 0.3 is 5.17 Å². The molecule has 26 heavy (non-hydrogen) atoms. The van der Waals surface area contributed by atoms with E-state index in [9.17, 15) is 5.11 Å². The molecular weight excluding hydrogens is 348 g/mol. The van der Waals surface area contributed by atoms with Crippen LogP contribution in [0.15, 0.2) is 48.5 Å². The van der Waals surface area contributed by atoms with Crippen molar-refractivity contribution in [3.05, 3.63) is 54.1 Å². The summed E-state index contributed by atoms with van der Waals surface area (Å²) in [5.41, 5.74) is 0.689. The molecule has 0 bridgehead atoms. The van der Waals surface area contributed by atoms with E-state index in [0.717, 1.165) is 40.9 Å². The van der Waals surface area contributed by atoms with Crippen molar-refractivity contribution in [3.63, 3.8) is 0 Å². The minimum atomic E-state index is -1.14. The highest BCUT2D eigenvalue weighted by molar-refractivity contribution is 8.14. The van der Waals surface area contributed by atoms with Gasteiger partial charge in [0, 0.05) is 11.3 Å². The summed E-state index contributed by atoms with van der Waals surface area (Å²) in [6.45, 7) is 2.62. The van der Waals surface area contributed by atoms with E-state index in [1.54, 1.807) is 0 Å². The van der Waals surface area contributed by atoms with Gasteiger partial charge in [0.05, 0.1) is 6.54 Å². The molecular formula is C20H21N2O3S+. The van der Waals surface area contributed by atoms with Crippen LogP contribution in [-0.2, 0) is 5.72 Å². The first-order valence-electron chi connectivity index (χ1n) is 8.98. The molecule has 2 aromatic rings. The first-order chi connectivity index (χ1) is 12.8. The first-order valence-corrected chi connectivity index (χ1v) is 9.97. The van der Waals surface area contributed by atoms with Crippen LogP contribution in [0.1, 0.15) is 12.0 Å². The molecule has 0 amide bonds. The van der Waals surface area contributed by atoms with Crippen molar-refractivity contribution in [3.8, 4) is 11.5 Å². The molecule has 3 aliphatic heterocycles. The molecule has 134 valence electrons. The highest BCUT2D eigenvalue weighted by Gasteiger charge is 2.55. The Morgan fingerprint density at radius 3 is 2.69 bits per heavy atom. The summed E-state index contributed by atoms with van der Waals surface area (Å²) >= 11 is 1.82. The smallest absolute Gasteiger partial charge is 0.316 e. The van der Waals surface area contributed by atoms with Crippen LogP contribution in [0.4, 0.5) is 5.69 Å². The van der Waals surface area contributed by atoms with Gasteiger partial charge in [0.2, 0.25) is 0 Å². The van der Waals surface area contributed by atoms with Crippen LogP contribution in [-0.4, -0.2) is 46.9 Å². The molecule has 0 aliphatic carbocycles. The summed E-state index contributed by atoms with van der Waals surface area (Å²) in [5, 5.41) is 13.0. The lowest BCUT2D eigenvalue weighted by Gasteiger charge is -2.29. The second-order valence-corrected chi connectivity index (χ2v) is 7.81. The molecule has 1 unspecified atom stereocenters. The van der Waals surface area contributed by atoms with Crippen LogP contribution in [0.3, 0.4) is 0 Å². The van der Waals surface area contributed by atoms with E-state index < -0.39 is 5.72 Å². The minimum Gasteiger partial charge on any atom is -0.486 e. The minimum absolute atomic E-state index is 0.538. The number of ether oxygens (including phenoxy) is 2. The highest BCUT2D eigenvalue weighted by atomic mass is 32.2. The van der Waals surface area contributed by atoms with Gasteiger partial charge in [0.1, 0.15) is 18.9 Å². The van der Waals surface area contributed by atoms with E-state index in [1.165, 1.54) is 0 Å². The molecule has 1 N–H and O–H groups in total. The third kappa shape index (κ3) is 2.47. The fourth-order valence-electron chi connectivity index (χ4n) is 3.87. The number of anilines is 1. The number of fused-ring (bicyclic) bond motifs is 1. The number of nitrogens with zero attached hydrogens (tertiary/aromatic N) is 2. The maximum Gasteiger partial charge on any atom is 0.316 e. The Morgan fingerprint density at radius 1 is 1.04 bits per heavy atom. The van der Waals surface area contributed by atoms with Gasteiger partial charge in [-0.25, -0.2) is 4.58 Å². The van der Waals surface area contributed by atoms with Gasteiger partial charge in [0.15, 0.2) is 18.0 Å². The van der Waals surface area contributed by atoms with Gasteiger partial charge in [-0.05, 0) is 48.5 Å². The third-order valence-corrected chi connectivity index (χ3v) is 6.26. The van der Waals surface area contributed by atoms with Crippen molar-refractivity contribution in [2.75, 3.05) is 37.0 Å². The Labute approximate surface area is 156 Å². The van der Waals surface area contributed by atoms with Gasteiger partial charge in [-0.15, -0.1) is 0 Å². The fraction of sp³-hybridized carbons (Fsp3) is 0.350. The monoisotopic (exact) mass is 369 g/mol. The van der Waals surface area contributed by atoms with E-state index >= 15 is 0 Å². The Balaban J connectivity index is 1.62. The van der Waals surface area contributed by atoms with Crippen molar-refractivity contribution in [2.24, 2.45) is 0 Å². The highest BCUT2D eigenvalue weighted by Crippen LogP contribution is 2.42. The average molecular weight is 369 g/mol. The van der Waals surface area contributed by atoms with Gasteiger partial charge < -0.3 is 14.6 Å². The number of amidine groups is 1. The molecule has 0 aromatic heterocycles. The Morgan fingerprint density at radius 2 is 1.85 bits per heavy atom. The Bertz CT molecular complexity index is 871. The standard InChI is InChI=1S/C20H21N2O3S/c23-20(15-7-8-17-18(13-15)25-11-10-24-17)14-21-9-4-12-26-19(21)22(20)16-5-2-1-3-6-16/h1-3,5-8,13,23H,4,9-12,14H2/q+1. The van der Waals surface area contributed by atoms with Crippen LogP contribution in [0.25, 0.3) is 0 Å². The molecule has 3 aliphatic rings. The second kappa shape index (κ2) is 6.21. The zero-order chi connectivity index (χ0) is 17.6. The van der Waals surface area contributed by atoms with Crippen molar-refractivity contribution >= 4 is 22.6 Å². The molecule has 2 aromatic carbocycles. The number of benzene rings is 2. The molecule has 0 fully saturated rings. The number of rotatable bonds is 2. The van der Waals surface area contributed by atoms with Crippen LogP contribution in [0, 0.1) is 0 Å². The van der Waals surface area contributed by atoms with Crippen molar-refractivity contribution in [2.45, 2.75) is 12.1 Å². The summed E-state index contributed by atoms with van der Waals surface area (Å²) in [4.78, 5) is 2.07. The summed E-state index contributed by atoms with van der Waals surface area (Å²) in [6, 6.07) is 15.9. The second-order valence-electron chi connectivity index (χ2n) is 6.75. The number of para-hydroxylation sites is 1. The lowest BCUT2D eigenvalue weighted by molar-refractivity contribution is -0.532. The maximum absolute atomic E-state index is 11.9.